The third-order valence-corrected chi connectivity index (χ3v) is 4.15. The molecule has 0 radical (unpaired) electrons. The molecule has 124 valence electrons. The van der Waals surface area contributed by atoms with Gasteiger partial charge >= 0.3 is 0 Å². The average molecular weight is 298 g/mol. The van der Waals surface area contributed by atoms with Crippen LogP contribution < -0.4 is 10.6 Å². The van der Waals surface area contributed by atoms with Crippen molar-refractivity contribution in [1.29, 1.82) is 0 Å². The van der Waals surface area contributed by atoms with E-state index in [0.29, 0.717) is 12.6 Å². The van der Waals surface area contributed by atoms with Gasteiger partial charge in [0.25, 0.3) is 0 Å². The molecule has 1 rings (SSSR count). The lowest BCUT2D eigenvalue weighted by Crippen LogP contribution is -2.45. The van der Waals surface area contributed by atoms with Gasteiger partial charge in [-0.2, -0.15) is 0 Å². The standard InChI is InChI=1S/C16H34N4O/c1-6-17-15(19-13-16(3,4)21-5)18-10-12-20-11-8-7-9-14(20)2/h14H,6-13H2,1-5H3,(H2,17,18,19). The van der Waals surface area contributed by atoms with Crippen molar-refractivity contribution < 1.29 is 4.74 Å². The molecule has 5 nitrogen and oxygen atoms in total. The number of likely N-dealkylation sites (tertiary alicyclic amines) is 1. The molecule has 0 aromatic rings. The molecule has 1 atom stereocenters. The van der Waals surface area contributed by atoms with Crippen LogP contribution in [0.1, 0.15) is 47.0 Å². The van der Waals surface area contributed by atoms with Crippen molar-refractivity contribution in [2.24, 2.45) is 4.99 Å². The van der Waals surface area contributed by atoms with Gasteiger partial charge in [0, 0.05) is 32.8 Å². The summed E-state index contributed by atoms with van der Waals surface area (Å²) >= 11 is 0. The van der Waals surface area contributed by atoms with Gasteiger partial charge in [0.15, 0.2) is 5.96 Å². The highest BCUT2D eigenvalue weighted by atomic mass is 16.5. The molecule has 0 aromatic heterocycles. The summed E-state index contributed by atoms with van der Waals surface area (Å²) in [5.41, 5.74) is -0.219. The smallest absolute Gasteiger partial charge is 0.191 e. The number of rotatable bonds is 7. The quantitative estimate of drug-likeness (QED) is 0.556. The number of nitrogens with one attached hydrogen (secondary N) is 2. The predicted molar refractivity (Wildman–Crippen MR) is 90.0 cm³/mol. The Balaban J connectivity index is 2.38. The zero-order valence-electron chi connectivity index (χ0n) is 14.5. The second kappa shape index (κ2) is 9.26. The molecule has 21 heavy (non-hydrogen) atoms. The lowest BCUT2D eigenvalue weighted by atomic mass is 10.0. The summed E-state index contributed by atoms with van der Waals surface area (Å²) in [7, 11) is 1.73. The summed E-state index contributed by atoms with van der Waals surface area (Å²) in [5.74, 6) is 0.882. The highest BCUT2D eigenvalue weighted by molar-refractivity contribution is 5.79. The van der Waals surface area contributed by atoms with Crippen molar-refractivity contribution in [3.63, 3.8) is 0 Å². The Morgan fingerprint density at radius 1 is 1.33 bits per heavy atom. The van der Waals surface area contributed by atoms with Gasteiger partial charge in [-0.25, -0.2) is 0 Å². The van der Waals surface area contributed by atoms with Gasteiger partial charge in [-0.1, -0.05) is 6.42 Å². The Morgan fingerprint density at radius 3 is 2.71 bits per heavy atom. The van der Waals surface area contributed by atoms with Gasteiger partial charge in [0.1, 0.15) is 0 Å². The van der Waals surface area contributed by atoms with Crippen LogP contribution in [0.25, 0.3) is 0 Å². The van der Waals surface area contributed by atoms with Gasteiger partial charge in [0.05, 0.1) is 12.1 Å². The molecular formula is C16H34N4O. The van der Waals surface area contributed by atoms with Gasteiger partial charge < -0.3 is 15.4 Å². The SMILES string of the molecule is CCNC(=NCC(C)(C)OC)NCCN1CCCCC1C. The molecule has 1 heterocycles. The molecule has 0 bridgehead atoms. The number of nitrogens with zero attached hydrogens (tertiary/aromatic N) is 2. The molecular weight excluding hydrogens is 264 g/mol. The minimum Gasteiger partial charge on any atom is -0.377 e. The number of hydrogen-bond donors (Lipinski definition) is 2. The third-order valence-electron chi connectivity index (χ3n) is 4.15. The fraction of sp³-hybridized carbons (Fsp3) is 0.938. The molecule has 1 aliphatic rings. The Bertz CT molecular complexity index is 317. The van der Waals surface area contributed by atoms with Crippen LogP contribution in [-0.4, -0.2) is 62.3 Å². The van der Waals surface area contributed by atoms with Crippen molar-refractivity contribution in [1.82, 2.24) is 15.5 Å². The van der Waals surface area contributed by atoms with Crippen LogP contribution in [0, 0.1) is 0 Å². The Kier molecular flexibility index (Phi) is 8.04. The molecule has 1 aliphatic heterocycles. The monoisotopic (exact) mass is 298 g/mol. The molecule has 5 heteroatoms. The zero-order chi connectivity index (χ0) is 15.7. The molecule has 1 unspecified atom stereocenters. The predicted octanol–water partition coefficient (Wildman–Crippen LogP) is 1.84. The van der Waals surface area contributed by atoms with Gasteiger partial charge in [-0.05, 0) is 47.1 Å². The van der Waals surface area contributed by atoms with E-state index in [-0.39, 0.29) is 5.60 Å². The number of methoxy groups -OCH3 is 1. The van der Waals surface area contributed by atoms with E-state index >= 15 is 0 Å². The maximum absolute atomic E-state index is 5.41. The first kappa shape index (κ1) is 18.2. The van der Waals surface area contributed by atoms with Crippen molar-refractivity contribution in [2.45, 2.75) is 58.6 Å². The zero-order valence-corrected chi connectivity index (χ0v) is 14.5. The lowest BCUT2D eigenvalue weighted by molar-refractivity contribution is 0.0310. The van der Waals surface area contributed by atoms with E-state index in [2.05, 4.69) is 48.2 Å². The van der Waals surface area contributed by atoms with Crippen LogP contribution in [0.2, 0.25) is 0 Å². The summed E-state index contributed by atoms with van der Waals surface area (Å²) in [4.78, 5) is 7.18. The fourth-order valence-corrected chi connectivity index (χ4v) is 2.48. The molecule has 1 saturated heterocycles. The summed E-state index contributed by atoms with van der Waals surface area (Å²) < 4.78 is 5.41. The van der Waals surface area contributed by atoms with E-state index in [1.807, 2.05) is 0 Å². The Morgan fingerprint density at radius 2 is 2.10 bits per heavy atom. The largest absolute Gasteiger partial charge is 0.377 e. The molecule has 0 amide bonds. The number of ether oxygens (including phenoxy) is 1. The molecule has 1 fully saturated rings. The number of guanidine groups is 1. The normalized spacial score (nSPS) is 21.4. The van der Waals surface area contributed by atoms with Crippen LogP contribution in [0.4, 0.5) is 0 Å². The maximum Gasteiger partial charge on any atom is 0.191 e. The van der Waals surface area contributed by atoms with E-state index in [1.165, 1.54) is 25.8 Å². The number of hydrogen-bond acceptors (Lipinski definition) is 3. The van der Waals surface area contributed by atoms with E-state index < -0.39 is 0 Å². The van der Waals surface area contributed by atoms with E-state index in [0.717, 1.165) is 25.6 Å². The minimum absolute atomic E-state index is 0.219. The second-order valence-corrected chi connectivity index (χ2v) is 6.47. The Labute approximate surface area is 130 Å². The number of aliphatic imine (C=N–C) groups is 1. The maximum atomic E-state index is 5.41. The van der Waals surface area contributed by atoms with Crippen LogP contribution in [0.15, 0.2) is 4.99 Å². The number of piperidine rings is 1. The topological polar surface area (TPSA) is 48.9 Å². The first-order valence-electron chi connectivity index (χ1n) is 8.30. The molecule has 0 spiro atoms. The molecule has 0 aromatic carbocycles. The van der Waals surface area contributed by atoms with Crippen LogP contribution >= 0.6 is 0 Å². The molecule has 0 aliphatic carbocycles. The third kappa shape index (κ3) is 7.14. The van der Waals surface area contributed by atoms with Gasteiger partial charge in [0.2, 0.25) is 0 Å². The molecule has 2 N–H and O–H groups in total. The van der Waals surface area contributed by atoms with Crippen LogP contribution in [0.3, 0.4) is 0 Å². The highest BCUT2D eigenvalue weighted by Crippen LogP contribution is 2.15. The van der Waals surface area contributed by atoms with E-state index in [4.69, 9.17) is 4.74 Å². The second-order valence-electron chi connectivity index (χ2n) is 6.47. The summed E-state index contributed by atoms with van der Waals surface area (Å²) in [6, 6.07) is 0.715. The lowest BCUT2D eigenvalue weighted by Gasteiger charge is -2.33. The van der Waals surface area contributed by atoms with Crippen molar-refractivity contribution in [3.05, 3.63) is 0 Å². The van der Waals surface area contributed by atoms with Crippen molar-refractivity contribution in [3.8, 4) is 0 Å². The first-order chi connectivity index (χ1) is 9.98. The highest BCUT2D eigenvalue weighted by Gasteiger charge is 2.18. The summed E-state index contributed by atoms with van der Waals surface area (Å²) in [6.07, 6.45) is 4.04. The van der Waals surface area contributed by atoms with E-state index in [9.17, 15) is 0 Å². The van der Waals surface area contributed by atoms with Gasteiger partial charge in [-0.3, -0.25) is 9.89 Å². The average Bonchev–Trinajstić information content (AvgIpc) is 2.47. The van der Waals surface area contributed by atoms with Crippen molar-refractivity contribution in [2.75, 3.05) is 39.8 Å². The van der Waals surface area contributed by atoms with Crippen LogP contribution in [-0.2, 0) is 4.74 Å². The minimum atomic E-state index is -0.219. The fourth-order valence-electron chi connectivity index (χ4n) is 2.48. The first-order valence-corrected chi connectivity index (χ1v) is 8.30. The summed E-state index contributed by atoms with van der Waals surface area (Å²) in [5, 5.41) is 6.72. The Hall–Kier alpha value is -0.810. The van der Waals surface area contributed by atoms with Crippen molar-refractivity contribution >= 4 is 5.96 Å². The summed E-state index contributed by atoms with van der Waals surface area (Å²) in [6.45, 7) is 13.3. The van der Waals surface area contributed by atoms with E-state index in [1.54, 1.807) is 7.11 Å². The van der Waals surface area contributed by atoms with Gasteiger partial charge in [-0.15, -0.1) is 0 Å². The molecule has 0 saturated carbocycles. The van der Waals surface area contributed by atoms with Crippen LogP contribution in [0.5, 0.6) is 0 Å².